The first-order valence-corrected chi connectivity index (χ1v) is 5.82. The fraction of sp³-hybridized carbons (Fsp3) is 0.545. The molecule has 0 spiro atoms. The van der Waals surface area contributed by atoms with Crippen LogP contribution in [0.5, 0.6) is 0 Å². The molecule has 1 atom stereocenters. The SMILES string of the molecule is C[C@H]1CNCCN1C(=O)c1c[nH]c(=O)n(C)c1=O. The number of carbonyl (C=O) groups excluding carboxylic acids is 1. The highest BCUT2D eigenvalue weighted by atomic mass is 16.2. The maximum Gasteiger partial charge on any atom is 0.328 e. The number of rotatable bonds is 1. The molecule has 1 aliphatic heterocycles. The molecule has 0 aliphatic carbocycles. The number of aromatic nitrogens is 2. The van der Waals surface area contributed by atoms with Crippen LogP contribution in [0, 0.1) is 0 Å². The lowest BCUT2D eigenvalue weighted by Gasteiger charge is -2.33. The van der Waals surface area contributed by atoms with Gasteiger partial charge in [-0.15, -0.1) is 0 Å². The minimum absolute atomic E-state index is 0.00542. The molecule has 0 unspecified atom stereocenters. The quantitative estimate of drug-likeness (QED) is 0.637. The van der Waals surface area contributed by atoms with E-state index in [0.717, 1.165) is 4.57 Å². The Labute approximate surface area is 103 Å². The lowest BCUT2D eigenvalue weighted by Crippen LogP contribution is -2.53. The molecule has 2 rings (SSSR count). The molecule has 0 aromatic carbocycles. The molecular formula is C11H16N4O3. The molecule has 2 N–H and O–H groups in total. The number of nitrogens with zero attached hydrogens (tertiary/aromatic N) is 2. The monoisotopic (exact) mass is 252 g/mol. The lowest BCUT2D eigenvalue weighted by molar-refractivity contribution is 0.0652. The molecule has 0 radical (unpaired) electrons. The van der Waals surface area contributed by atoms with E-state index < -0.39 is 11.2 Å². The summed E-state index contributed by atoms with van der Waals surface area (Å²) in [6.45, 7) is 3.89. The zero-order valence-corrected chi connectivity index (χ0v) is 10.4. The average Bonchev–Trinajstić information content (AvgIpc) is 2.36. The zero-order valence-electron chi connectivity index (χ0n) is 10.4. The molecule has 1 aromatic rings. The predicted molar refractivity (Wildman–Crippen MR) is 65.7 cm³/mol. The summed E-state index contributed by atoms with van der Waals surface area (Å²) in [5.41, 5.74) is -1.08. The third-order valence-electron chi connectivity index (χ3n) is 3.17. The van der Waals surface area contributed by atoms with Crippen LogP contribution in [0.15, 0.2) is 15.8 Å². The van der Waals surface area contributed by atoms with Gasteiger partial charge < -0.3 is 15.2 Å². The summed E-state index contributed by atoms with van der Waals surface area (Å²) in [7, 11) is 1.35. The number of amides is 1. The van der Waals surface area contributed by atoms with Crippen molar-refractivity contribution < 1.29 is 4.79 Å². The number of hydrogen-bond donors (Lipinski definition) is 2. The van der Waals surface area contributed by atoms with E-state index in [-0.39, 0.29) is 17.5 Å². The molecule has 0 saturated carbocycles. The number of piperazine rings is 1. The van der Waals surface area contributed by atoms with E-state index in [1.54, 1.807) is 4.90 Å². The van der Waals surface area contributed by atoms with Crippen LogP contribution in [0.3, 0.4) is 0 Å². The molecular weight excluding hydrogens is 236 g/mol. The lowest BCUT2D eigenvalue weighted by atomic mass is 10.2. The standard InChI is InChI=1S/C11H16N4O3/c1-7-5-12-3-4-15(7)10(17)8-6-13-11(18)14(2)9(8)16/h6-7,12H,3-5H2,1-2H3,(H,13,18)/t7-/m0/s1. The van der Waals surface area contributed by atoms with Crippen LogP contribution >= 0.6 is 0 Å². The van der Waals surface area contributed by atoms with Crippen molar-refractivity contribution in [1.29, 1.82) is 0 Å². The van der Waals surface area contributed by atoms with Crippen molar-refractivity contribution in [1.82, 2.24) is 19.8 Å². The number of hydrogen-bond acceptors (Lipinski definition) is 4. The summed E-state index contributed by atoms with van der Waals surface area (Å²) in [4.78, 5) is 39.4. The molecule has 0 bridgehead atoms. The number of nitrogens with one attached hydrogen (secondary N) is 2. The molecule has 1 aliphatic rings. The van der Waals surface area contributed by atoms with Gasteiger partial charge in [0, 0.05) is 38.9 Å². The Hall–Kier alpha value is -1.89. The third-order valence-corrected chi connectivity index (χ3v) is 3.17. The largest absolute Gasteiger partial charge is 0.333 e. The average molecular weight is 252 g/mol. The Balaban J connectivity index is 2.37. The van der Waals surface area contributed by atoms with Crippen LogP contribution in [0.1, 0.15) is 17.3 Å². The van der Waals surface area contributed by atoms with E-state index in [1.165, 1.54) is 13.2 Å². The molecule has 1 amide bonds. The van der Waals surface area contributed by atoms with Crippen LogP contribution in [0.2, 0.25) is 0 Å². The molecule has 7 heteroatoms. The second-order valence-corrected chi connectivity index (χ2v) is 4.42. The van der Waals surface area contributed by atoms with E-state index in [9.17, 15) is 14.4 Å². The summed E-state index contributed by atoms with van der Waals surface area (Å²) in [6, 6.07) is 0.0304. The van der Waals surface area contributed by atoms with Gasteiger partial charge in [0.1, 0.15) is 5.56 Å². The second kappa shape index (κ2) is 4.77. The topological polar surface area (TPSA) is 87.2 Å². The van der Waals surface area contributed by atoms with Gasteiger partial charge in [-0.3, -0.25) is 14.2 Å². The highest BCUT2D eigenvalue weighted by Gasteiger charge is 2.26. The first kappa shape index (κ1) is 12.6. The van der Waals surface area contributed by atoms with Crippen molar-refractivity contribution in [2.24, 2.45) is 7.05 Å². The molecule has 2 heterocycles. The first-order valence-electron chi connectivity index (χ1n) is 5.82. The smallest absolute Gasteiger partial charge is 0.328 e. The molecule has 1 aromatic heterocycles. The minimum Gasteiger partial charge on any atom is -0.333 e. The Morgan fingerprint density at radius 2 is 2.17 bits per heavy atom. The van der Waals surface area contributed by atoms with Crippen molar-refractivity contribution in [3.05, 3.63) is 32.6 Å². The molecule has 98 valence electrons. The molecule has 18 heavy (non-hydrogen) atoms. The van der Waals surface area contributed by atoms with E-state index >= 15 is 0 Å². The third kappa shape index (κ3) is 2.08. The van der Waals surface area contributed by atoms with Crippen molar-refractivity contribution >= 4 is 5.91 Å². The predicted octanol–water partition coefficient (Wildman–Crippen LogP) is -1.49. The van der Waals surface area contributed by atoms with Crippen molar-refractivity contribution in [3.63, 3.8) is 0 Å². The molecule has 1 saturated heterocycles. The Kier molecular flexibility index (Phi) is 3.33. The van der Waals surface area contributed by atoms with Crippen LogP contribution < -0.4 is 16.6 Å². The van der Waals surface area contributed by atoms with Gasteiger partial charge in [-0.1, -0.05) is 0 Å². The number of aromatic amines is 1. The van der Waals surface area contributed by atoms with Gasteiger partial charge in [0.25, 0.3) is 11.5 Å². The fourth-order valence-electron chi connectivity index (χ4n) is 2.02. The summed E-state index contributed by atoms with van der Waals surface area (Å²) in [5, 5.41) is 3.17. The van der Waals surface area contributed by atoms with E-state index in [0.29, 0.717) is 19.6 Å². The van der Waals surface area contributed by atoms with Gasteiger partial charge in [-0.25, -0.2) is 4.79 Å². The van der Waals surface area contributed by atoms with Crippen LogP contribution in [-0.4, -0.2) is 46.0 Å². The van der Waals surface area contributed by atoms with Gasteiger partial charge >= 0.3 is 5.69 Å². The summed E-state index contributed by atoms with van der Waals surface area (Å²) in [5.74, 6) is -0.333. The summed E-state index contributed by atoms with van der Waals surface area (Å²) >= 11 is 0. The van der Waals surface area contributed by atoms with Crippen LogP contribution in [0.4, 0.5) is 0 Å². The summed E-state index contributed by atoms with van der Waals surface area (Å²) < 4.78 is 0.903. The molecule has 1 fully saturated rings. The molecule has 7 nitrogen and oxygen atoms in total. The van der Waals surface area contributed by atoms with Gasteiger partial charge in [0.15, 0.2) is 0 Å². The van der Waals surface area contributed by atoms with Gasteiger partial charge in [0.05, 0.1) is 0 Å². The van der Waals surface area contributed by atoms with Gasteiger partial charge in [-0.2, -0.15) is 0 Å². The maximum absolute atomic E-state index is 12.3. The van der Waals surface area contributed by atoms with Gasteiger partial charge in [0.2, 0.25) is 0 Å². The summed E-state index contributed by atoms with van der Waals surface area (Å²) in [6.07, 6.45) is 1.20. The highest BCUT2D eigenvalue weighted by molar-refractivity contribution is 5.93. The van der Waals surface area contributed by atoms with Crippen molar-refractivity contribution in [2.45, 2.75) is 13.0 Å². The Bertz CT molecular complexity index is 574. The van der Waals surface area contributed by atoms with E-state index in [2.05, 4.69) is 10.3 Å². The number of H-pyrrole nitrogens is 1. The van der Waals surface area contributed by atoms with E-state index in [1.807, 2.05) is 6.92 Å². The van der Waals surface area contributed by atoms with Gasteiger partial charge in [-0.05, 0) is 6.92 Å². The maximum atomic E-state index is 12.3. The zero-order chi connectivity index (χ0) is 13.3. The van der Waals surface area contributed by atoms with Crippen molar-refractivity contribution in [2.75, 3.05) is 19.6 Å². The highest BCUT2D eigenvalue weighted by Crippen LogP contribution is 2.06. The number of carbonyl (C=O) groups is 1. The first-order chi connectivity index (χ1) is 8.52. The van der Waals surface area contributed by atoms with Crippen molar-refractivity contribution in [3.8, 4) is 0 Å². The van der Waals surface area contributed by atoms with E-state index in [4.69, 9.17) is 0 Å². The Morgan fingerprint density at radius 3 is 2.83 bits per heavy atom. The normalized spacial score (nSPS) is 19.9. The van der Waals surface area contributed by atoms with Crippen LogP contribution in [0.25, 0.3) is 0 Å². The fourth-order valence-corrected chi connectivity index (χ4v) is 2.02. The Morgan fingerprint density at radius 1 is 1.44 bits per heavy atom. The second-order valence-electron chi connectivity index (χ2n) is 4.42. The van der Waals surface area contributed by atoms with Crippen LogP contribution in [-0.2, 0) is 7.05 Å². The minimum atomic E-state index is -0.561.